The van der Waals surface area contributed by atoms with E-state index in [2.05, 4.69) is 9.97 Å². The SMILES string of the molecule is CC(C)c1ncc(CN(C)c2c(C#N)c(=O)n(C)c(=O)n2C)cn1. The monoisotopic (exact) mass is 328 g/mol. The summed E-state index contributed by atoms with van der Waals surface area (Å²) in [5.74, 6) is 1.26. The van der Waals surface area contributed by atoms with Crippen LogP contribution in [-0.2, 0) is 20.6 Å². The average Bonchev–Trinajstić information content (AvgIpc) is 2.56. The molecule has 0 saturated carbocycles. The molecular weight excluding hydrogens is 308 g/mol. The number of nitriles is 1. The summed E-state index contributed by atoms with van der Waals surface area (Å²) in [5, 5.41) is 9.32. The molecule has 2 aromatic heterocycles. The number of rotatable bonds is 4. The molecule has 8 nitrogen and oxygen atoms in total. The molecule has 0 bridgehead atoms. The van der Waals surface area contributed by atoms with Gasteiger partial charge in [-0.25, -0.2) is 14.8 Å². The van der Waals surface area contributed by atoms with E-state index in [0.29, 0.717) is 6.54 Å². The highest BCUT2D eigenvalue weighted by atomic mass is 16.2. The van der Waals surface area contributed by atoms with E-state index in [1.165, 1.54) is 18.7 Å². The van der Waals surface area contributed by atoms with E-state index in [1.54, 1.807) is 24.3 Å². The second-order valence-electron chi connectivity index (χ2n) is 5.98. The predicted octanol–water partition coefficient (Wildman–Crippen LogP) is 0.505. The van der Waals surface area contributed by atoms with E-state index in [-0.39, 0.29) is 17.3 Å². The lowest BCUT2D eigenvalue weighted by Gasteiger charge is -2.23. The summed E-state index contributed by atoms with van der Waals surface area (Å²) in [5.41, 5.74) is -0.332. The molecule has 0 fully saturated rings. The van der Waals surface area contributed by atoms with E-state index in [0.717, 1.165) is 16.0 Å². The standard InChI is InChI=1S/C16H20N6O2/c1-10(2)13-18-7-11(8-19-13)9-20(3)14-12(6-17)15(23)22(5)16(24)21(14)4/h7-8,10H,9H2,1-5H3. The lowest BCUT2D eigenvalue weighted by molar-refractivity contribution is 0.666. The molecule has 24 heavy (non-hydrogen) atoms. The Morgan fingerprint density at radius 2 is 1.79 bits per heavy atom. The molecule has 0 radical (unpaired) electrons. The number of hydrogen-bond acceptors (Lipinski definition) is 6. The molecule has 2 aromatic rings. The third-order valence-corrected chi connectivity index (χ3v) is 3.77. The second kappa shape index (κ2) is 6.66. The quantitative estimate of drug-likeness (QED) is 0.811. The van der Waals surface area contributed by atoms with Gasteiger partial charge in [0, 0.05) is 51.6 Å². The van der Waals surface area contributed by atoms with Crippen LogP contribution in [-0.4, -0.2) is 26.1 Å². The van der Waals surface area contributed by atoms with Gasteiger partial charge in [-0.1, -0.05) is 13.8 Å². The minimum absolute atomic E-state index is 0.0678. The Balaban J connectivity index is 2.44. The minimum Gasteiger partial charge on any atom is -0.355 e. The molecule has 0 saturated heterocycles. The highest BCUT2D eigenvalue weighted by Crippen LogP contribution is 2.16. The van der Waals surface area contributed by atoms with Crippen molar-refractivity contribution in [3.63, 3.8) is 0 Å². The van der Waals surface area contributed by atoms with Crippen molar-refractivity contribution in [2.75, 3.05) is 11.9 Å². The van der Waals surface area contributed by atoms with Crippen molar-refractivity contribution in [2.24, 2.45) is 14.1 Å². The van der Waals surface area contributed by atoms with E-state index in [9.17, 15) is 14.9 Å². The minimum atomic E-state index is -0.603. The molecule has 0 aliphatic rings. The topological polar surface area (TPSA) is 96.8 Å². The van der Waals surface area contributed by atoms with Crippen LogP contribution < -0.4 is 16.1 Å². The van der Waals surface area contributed by atoms with E-state index in [4.69, 9.17) is 0 Å². The van der Waals surface area contributed by atoms with Crippen LogP contribution in [0, 0.1) is 11.3 Å². The molecule has 2 heterocycles. The fourth-order valence-electron chi connectivity index (χ4n) is 2.47. The maximum absolute atomic E-state index is 12.1. The molecule has 0 N–H and O–H groups in total. The van der Waals surface area contributed by atoms with Gasteiger partial charge in [0.15, 0.2) is 5.56 Å². The fraction of sp³-hybridized carbons (Fsp3) is 0.438. The van der Waals surface area contributed by atoms with Crippen molar-refractivity contribution < 1.29 is 0 Å². The Labute approximate surface area is 139 Å². The Morgan fingerprint density at radius 1 is 1.21 bits per heavy atom. The van der Waals surface area contributed by atoms with Crippen LogP contribution in [0.4, 0.5) is 5.82 Å². The third-order valence-electron chi connectivity index (χ3n) is 3.77. The Morgan fingerprint density at radius 3 is 2.29 bits per heavy atom. The fourth-order valence-corrected chi connectivity index (χ4v) is 2.47. The Bertz CT molecular complexity index is 902. The highest BCUT2D eigenvalue weighted by Gasteiger charge is 2.19. The van der Waals surface area contributed by atoms with E-state index >= 15 is 0 Å². The van der Waals surface area contributed by atoms with Gasteiger partial charge in [-0.2, -0.15) is 5.26 Å². The molecule has 126 valence electrons. The lowest BCUT2D eigenvalue weighted by Crippen LogP contribution is -2.41. The molecule has 0 aliphatic carbocycles. The molecule has 0 aliphatic heterocycles. The summed E-state index contributed by atoms with van der Waals surface area (Å²) in [6.07, 6.45) is 3.42. The summed E-state index contributed by atoms with van der Waals surface area (Å²) < 4.78 is 2.22. The van der Waals surface area contributed by atoms with Crippen LogP contribution in [0.2, 0.25) is 0 Å². The summed E-state index contributed by atoms with van der Waals surface area (Å²) in [6.45, 7) is 4.39. The zero-order valence-corrected chi connectivity index (χ0v) is 14.4. The van der Waals surface area contributed by atoms with Gasteiger partial charge in [0.25, 0.3) is 5.56 Å². The second-order valence-corrected chi connectivity index (χ2v) is 5.98. The van der Waals surface area contributed by atoms with Crippen molar-refractivity contribution in [3.05, 3.63) is 50.2 Å². The Kier molecular flexibility index (Phi) is 4.83. The van der Waals surface area contributed by atoms with Gasteiger partial charge < -0.3 is 4.90 Å². The van der Waals surface area contributed by atoms with Gasteiger partial charge in [0.05, 0.1) is 0 Å². The largest absolute Gasteiger partial charge is 0.355 e. The number of hydrogen-bond donors (Lipinski definition) is 0. The van der Waals surface area contributed by atoms with Gasteiger partial charge in [-0.05, 0) is 0 Å². The van der Waals surface area contributed by atoms with Crippen molar-refractivity contribution in [1.29, 1.82) is 5.26 Å². The summed E-state index contributed by atoms with van der Waals surface area (Å²) >= 11 is 0. The first-order valence-corrected chi connectivity index (χ1v) is 7.50. The molecule has 0 unspecified atom stereocenters. The average molecular weight is 328 g/mol. The zero-order chi connectivity index (χ0) is 18.0. The molecule has 0 aromatic carbocycles. The van der Waals surface area contributed by atoms with Gasteiger partial charge in [0.1, 0.15) is 17.7 Å². The van der Waals surface area contributed by atoms with Crippen LogP contribution in [0.3, 0.4) is 0 Å². The summed E-state index contributed by atoms with van der Waals surface area (Å²) in [6, 6.07) is 1.90. The maximum atomic E-state index is 12.1. The highest BCUT2D eigenvalue weighted by molar-refractivity contribution is 5.53. The molecule has 0 atom stereocenters. The van der Waals surface area contributed by atoms with Crippen molar-refractivity contribution in [3.8, 4) is 6.07 Å². The molecule has 2 rings (SSSR count). The van der Waals surface area contributed by atoms with Crippen LogP contribution in [0.25, 0.3) is 0 Å². The van der Waals surface area contributed by atoms with Crippen LogP contribution in [0.1, 0.15) is 36.7 Å². The van der Waals surface area contributed by atoms with E-state index < -0.39 is 11.2 Å². The van der Waals surface area contributed by atoms with Crippen molar-refractivity contribution >= 4 is 5.82 Å². The molecular formula is C16H20N6O2. The molecule has 8 heteroatoms. The van der Waals surface area contributed by atoms with E-state index in [1.807, 2.05) is 19.9 Å². The predicted molar refractivity (Wildman–Crippen MR) is 89.9 cm³/mol. The number of nitrogens with zero attached hydrogens (tertiary/aromatic N) is 6. The normalized spacial score (nSPS) is 10.7. The third kappa shape index (κ3) is 3.06. The maximum Gasteiger partial charge on any atom is 0.332 e. The molecule has 0 amide bonds. The van der Waals surface area contributed by atoms with Gasteiger partial charge >= 0.3 is 5.69 Å². The van der Waals surface area contributed by atoms with Crippen molar-refractivity contribution in [1.82, 2.24) is 19.1 Å². The van der Waals surface area contributed by atoms with Gasteiger partial charge in [0.2, 0.25) is 0 Å². The van der Waals surface area contributed by atoms with Crippen LogP contribution >= 0.6 is 0 Å². The van der Waals surface area contributed by atoms with Crippen LogP contribution in [0.15, 0.2) is 22.0 Å². The molecule has 0 spiro atoms. The lowest BCUT2D eigenvalue weighted by atomic mass is 10.2. The zero-order valence-electron chi connectivity index (χ0n) is 14.4. The van der Waals surface area contributed by atoms with Gasteiger partial charge in [-0.3, -0.25) is 13.9 Å². The number of anilines is 1. The summed E-state index contributed by atoms with van der Waals surface area (Å²) in [7, 11) is 4.60. The van der Waals surface area contributed by atoms with Crippen LogP contribution in [0.5, 0.6) is 0 Å². The number of aromatic nitrogens is 4. The van der Waals surface area contributed by atoms with Crippen molar-refractivity contribution in [2.45, 2.75) is 26.3 Å². The smallest absolute Gasteiger partial charge is 0.332 e. The first-order chi connectivity index (χ1) is 11.3. The first-order valence-electron chi connectivity index (χ1n) is 7.50. The first kappa shape index (κ1) is 17.4. The summed E-state index contributed by atoms with van der Waals surface area (Å²) in [4.78, 5) is 34.5. The van der Waals surface area contributed by atoms with Gasteiger partial charge in [-0.15, -0.1) is 0 Å². The Hall–Kier alpha value is -2.95.